The molecule has 0 atom stereocenters. The molecule has 2 rings (SSSR count). The number of aromatic nitrogens is 1. The van der Waals surface area contributed by atoms with E-state index in [1.807, 2.05) is 0 Å². The summed E-state index contributed by atoms with van der Waals surface area (Å²) in [6, 6.07) is 7.82. The third-order valence-electron chi connectivity index (χ3n) is 3.17. The molecule has 0 fully saturated rings. The minimum absolute atomic E-state index is 0.182. The van der Waals surface area contributed by atoms with E-state index in [0.29, 0.717) is 19.5 Å². The zero-order chi connectivity index (χ0) is 17.6. The summed E-state index contributed by atoms with van der Waals surface area (Å²) in [5.41, 5.74) is 5.02. The van der Waals surface area contributed by atoms with Crippen LogP contribution in [0.5, 0.6) is 0 Å². The van der Waals surface area contributed by atoms with E-state index in [0.717, 1.165) is 12.1 Å². The molecule has 0 aliphatic heterocycles. The molecular weight excluding hydrogens is 321 g/mol. The highest BCUT2D eigenvalue weighted by atomic mass is 19.4. The number of carbonyl (C=O) groups is 1. The molecule has 0 bridgehead atoms. The first-order chi connectivity index (χ1) is 11.4. The van der Waals surface area contributed by atoms with Crippen LogP contribution in [-0.2, 0) is 6.18 Å². The fourth-order valence-corrected chi connectivity index (χ4v) is 2.00. The normalized spacial score (nSPS) is 11.2. The monoisotopic (exact) mass is 338 g/mol. The molecule has 0 aliphatic carbocycles. The van der Waals surface area contributed by atoms with Crippen LogP contribution in [-0.4, -0.2) is 24.0 Å². The van der Waals surface area contributed by atoms with E-state index in [2.05, 4.69) is 15.6 Å². The average Bonchev–Trinajstić information content (AvgIpc) is 2.55. The van der Waals surface area contributed by atoms with Gasteiger partial charge in [-0.1, -0.05) is 6.07 Å². The molecule has 1 heterocycles. The van der Waals surface area contributed by atoms with Gasteiger partial charge in [-0.25, -0.2) is 4.98 Å². The van der Waals surface area contributed by atoms with E-state index < -0.39 is 11.7 Å². The SMILES string of the molecule is NCCCNC(=O)c1cccnc1Nc1cccc(C(F)(F)F)c1. The van der Waals surface area contributed by atoms with E-state index in [1.165, 1.54) is 18.3 Å². The lowest BCUT2D eigenvalue weighted by Crippen LogP contribution is -2.26. The number of anilines is 2. The zero-order valence-electron chi connectivity index (χ0n) is 12.7. The number of rotatable bonds is 6. The summed E-state index contributed by atoms with van der Waals surface area (Å²) in [4.78, 5) is 16.2. The Hall–Kier alpha value is -2.61. The molecule has 0 radical (unpaired) electrons. The summed E-state index contributed by atoms with van der Waals surface area (Å²) in [5.74, 6) is -0.187. The van der Waals surface area contributed by atoms with E-state index in [9.17, 15) is 18.0 Å². The van der Waals surface area contributed by atoms with Crippen LogP contribution in [0.15, 0.2) is 42.6 Å². The number of pyridine rings is 1. The van der Waals surface area contributed by atoms with Crippen molar-refractivity contribution in [2.24, 2.45) is 5.73 Å². The number of benzene rings is 1. The van der Waals surface area contributed by atoms with Gasteiger partial charge in [0.15, 0.2) is 0 Å². The number of nitrogens with two attached hydrogens (primary N) is 1. The van der Waals surface area contributed by atoms with E-state index in [1.54, 1.807) is 12.1 Å². The number of carbonyl (C=O) groups excluding carboxylic acids is 1. The van der Waals surface area contributed by atoms with Crippen LogP contribution in [0.4, 0.5) is 24.7 Å². The highest BCUT2D eigenvalue weighted by Gasteiger charge is 2.30. The van der Waals surface area contributed by atoms with Crippen molar-refractivity contribution in [1.29, 1.82) is 0 Å². The Bertz CT molecular complexity index is 704. The Balaban J connectivity index is 2.20. The van der Waals surface area contributed by atoms with Gasteiger partial charge in [0.2, 0.25) is 0 Å². The number of amides is 1. The summed E-state index contributed by atoms with van der Waals surface area (Å²) in [6.45, 7) is 0.857. The number of alkyl halides is 3. The second kappa shape index (κ2) is 7.78. The van der Waals surface area contributed by atoms with Gasteiger partial charge in [-0.05, 0) is 43.3 Å². The molecule has 128 valence electrons. The molecule has 1 amide bonds. The van der Waals surface area contributed by atoms with Crippen LogP contribution in [0, 0.1) is 0 Å². The minimum Gasteiger partial charge on any atom is -0.352 e. The second-order valence-electron chi connectivity index (χ2n) is 5.00. The van der Waals surface area contributed by atoms with Crippen molar-refractivity contribution in [3.63, 3.8) is 0 Å². The first kappa shape index (κ1) is 17.7. The van der Waals surface area contributed by atoms with Crippen LogP contribution in [0.25, 0.3) is 0 Å². The highest BCUT2D eigenvalue weighted by molar-refractivity contribution is 5.99. The zero-order valence-corrected chi connectivity index (χ0v) is 12.7. The summed E-state index contributed by atoms with van der Waals surface area (Å²) in [5, 5.41) is 5.44. The number of nitrogens with one attached hydrogen (secondary N) is 2. The largest absolute Gasteiger partial charge is 0.416 e. The van der Waals surface area contributed by atoms with Gasteiger partial charge in [0, 0.05) is 18.4 Å². The number of hydrogen-bond donors (Lipinski definition) is 3. The maximum absolute atomic E-state index is 12.8. The topological polar surface area (TPSA) is 80.0 Å². The van der Waals surface area contributed by atoms with Crippen molar-refractivity contribution < 1.29 is 18.0 Å². The number of hydrogen-bond acceptors (Lipinski definition) is 4. The third kappa shape index (κ3) is 4.69. The van der Waals surface area contributed by atoms with E-state index in [-0.39, 0.29) is 23.0 Å². The average molecular weight is 338 g/mol. The van der Waals surface area contributed by atoms with Crippen molar-refractivity contribution in [3.05, 3.63) is 53.7 Å². The van der Waals surface area contributed by atoms with Gasteiger partial charge in [0.25, 0.3) is 5.91 Å². The Morgan fingerprint density at radius 2 is 2.00 bits per heavy atom. The number of nitrogens with zero attached hydrogens (tertiary/aromatic N) is 1. The Morgan fingerprint density at radius 1 is 1.21 bits per heavy atom. The lowest BCUT2D eigenvalue weighted by atomic mass is 10.2. The van der Waals surface area contributed by atoms with Gasteiger partial charge in [0.1, 0.15) is 5.82 Å². The molecule has 24 heavy (non-hydrogen) atoms. The molecule has 0 saturated carbocycles. The molecule has 1 aromatic carbocycles. The molecular formula is C16H17F3N4O. The van der Waals surface area contributed by atoms with Crippen LogP contribution >= 0.6 is 0 Å². The standard InChI is InChI=1S/C16H17F3N4O/c17-16(18,19)11-4-1-5-12(10-11)23-14-13(6-2-8-21-14)15(24)22-9-3-7-20/h1-2,4-6,8,10H,3,7,9,20H2,(H,21,23)(H,22,24). The van der Waals surface area contributed by atoms with Crippen LogP contribution in [0.1, 0.15) is 22.3 Å². The lowest BCUT2D eigenvalue weighted by Gasteiger charge is -2.13. The van der Waals surface area contributed by atoms with Crippen LogP contribution in [0.3, 0.4) is 0 Å². The fourth-order valence-electron chi connectivity index (χ4n) is 2.00. The summed E-state index contributed by atoms with van der Waals surface area (Å²) in [6.07, 6.45) is -2.36. The Morgan fingerprint density at radius 3 is 2.71 bits per heavy atom. The molecule has 2 aromatic rings. The molecule has 0 spiro atoms. The number of halogens is 3. The highest BCUT2D eigenvalue weighted by Crippen LogP contribution is 2.31. The Kier molecular flexibility index (Phi) is 5.75. The minimum atomic E-state index is -4.44. The first-order valence-corrected chi connectivity index (χ1v) is 7.29. The van der Waals surface area contributed by atoms with Crippen LogP contribution < -0.4 is 16.4 Å². The first-order valence-electron chi connectivity index (χ1n) is 7.29. The molecule has 0 saturated heterocycles. The van der Waals surface area contributed by atoms with Crippen molar-refractivity contribution in [3.8, 4) is 0 Å². The summed E-state index contributed by atoms with van der Waals surface area (Å²) in [7, 11) is 0. The van der Waals surface area contributed by atoms with Gasteiger partial charge in [0.05, 0.1) is 11.1 Å². The molecule has 0 aliphatic rings. The van der Waals surface area contributed by atoms with Gasteiger partial charge >= 0.3 is 6.18 Å². The van der Waals surface area contributed by atoms with E-state index in [4.69, 9.17) is 5.73 Å². The maximum atomic E-state index is 12.8. The summed E-state index contributed by atoms with van der Waals surface area (Å²) >= 11 is 0. The van der Waals surface area contributed by atoms with E-state index >= 15 is 0 Å². The quantitative estimate of drug-likeness (QED) is 0.708. The van der Waals surface area contributed by atoms with Crippen molar-refractivity contribution in [2.45, 2.75) is 12.6 Å². The molecule has 5 nitrogen and oxygen atoms in total. The molecule has 0 unspecified atom stereocenters. The predicted octanol–water partition coefficient (Wildman–Crippen LogP) is 2.92. The summed E-state index contributed by atoms with van der Waals surface area (Å²) < 4.78 is 38.3. The van der Waals surface area contributed by atoms with Crippen molar-refractivity contribution >= 4 is 17.4 Å². The Labute approximate surface area is 137 Å². The molecule has 4 N–H and O–H groups in total. The lowest BCUT2D eigenvalue weighted by molar-refractivity contribution is -0.137. The van der Waals surface area contributed by atoms with Gasteiger partial charge < -0.3 is 16.4 Å². The molecule has 1 aromatic heterocycles. The van der Waals surface area contributed by atoms with Gasteiger partial charge in [-0.15, -0.1) is 0 Å². The van der Waals surface area contributed by atoms with Gasteiger partial charge in [-0.3, -0.25) is 4.79 Å². The van der Waals surface area contributed by atoms with Crippen molar-refractivity contribution in [2.75, 3.05) is 18.4 Å². The smallest absolute Gasteiger partial charge is 0.352 e. The van der Waals surface area contributed by atoms with Gasteiger partial charge in [-0.2, -0.15) is 13.2 Å². The third-order valence-corrected chi connectivity index (χ3v) is 3.17. The second-order valence-corrected chi connectivity index (χ2v) is 5.00. The molecule has 8 heteroatoms. The predicted molar refractivity (Wildman–Crippen MR) is 85.0 cm³/mol. The maximum Gasteiger partial charge on any atom is 0.416 e. The van der Waals surface area contributed by atoms with Crippen molar-refractivity contribution in [1.82, 2.24) is 10.3 Å². The fraction of sp³-hybridized carbons (Fsp3) is 0.250. The van der Waals surface area contributed by atoms with Crippen LogP contribution in [0.2, 0.25) is 0 Å².